The van der Waals surface area contributed by atoms with Crippen molar-refractivity contribution in [2.75, 3.05) is 13.7 Å². The Morgan fingerprint density at radius 3 is 3.10 bits per heavy atom. The van der Waals surface area contributed by atoms with Crippen LogP contribution in [0.4, 0.5) is 0 Å². The van der Waals surface area contributed by atoms with Crippen LogP contribution in [-0.2, 0) is 6.42 Å². The molecule has 112 valence electrons. The zero-order valence-electron chi connectivity index (χ0n) is 12.3. The van der Waals surface area contributed by atoms with Crippen LogP contribution in [0.5, 0.6) is 5.75 Å². The molecule has 3 rings (SSSR count). The number of fused-ring (bicyclic) bond motifs is 1. The second-order valence-corrected chi connectivity index (χ2v) is 6.28. The quantitative estimate of drug-likeness (QED) is 0.917. The molecule has 4 nitrogen and oxygen atoms in total. The zero-order chi connectivity index (χ0) is 14.7. The maximum Gasteiger partial charge on any atom is 0.255 e. The fourth-order valence-corrected chi connectivity index (χ4v) is 3.97. The highest BCUT2D eigenvalue weighted by Gasteiger charge is 2.31. The van der Waals surface area contributed by atoms with Crippen LogP contribution >= 0.6 is 11.8 Å². The average Bonchev–Trinajstić information content (AvgIpc) is 3.02. The molecule has 21 heavy (non-hydrogen) atoms. The number of hydrogen-bond donors (Lipinski definition) is 1. The van der Waals surface area contributed by atoms with Gasteiger partial charge in [0, 0.05) is 11.3 Å². The van der Waals surface area contributed by atoms with E-state index in [9.17, 15) is 0 Å². The van der Waals surface area contributed by atoms with Gasteiger partial charge in [-0.15, -0.1) is 0 Å². The van der Waals surface area contributed by atoms with E-state index in [-0.39, 0.29) is 0 Å². The third-order valence-corrected chi connectivity index (χ3v) is 5.06. The third-order valence-electron chi connectivity index (χ3n) is 3.84. The number of aryl methyl sites for hydroxylation is 1. The molecule has 0 aliphatic heterocycles. The predicted octanol–water partition coefficient (Wildman–Crippen LogP) is 3.44. The SMILES string of the molecule is CCNC1c2cc(OC)ccc2CCC1Sc1ncco1. The van der Waals surface area contributed by atoms with Crippen LogP contribution in [0.1, 0.15) is 30.5 Å². The molecule has 1 aromatic heterocycles. The second kappa shape index (κ2) is 6.54. The number of nitrogens with zero attached hydrogens (tertiary/aromatic N) is 1. The highest BCUT2D eigenvalue weighted by molar-refractivity contribution is 7.99. The first-order valence-electron chi connectivity index (χ1n) is 7.28. The molecule has 2 unspecified atom stereocenters. The van der Waals surface area contributed by atoms with Crippen LogP contribution in [0, 0.1) is 0 Å². The van der Waals surface area contributed by atoms with Gasteiger partial charge in [-0.05, 0) is 42.6 Å². The van der Waals surface area contributed by atoms with Crippen molar-refractivity contribution in [2.45, 2.75) is 36.3 Å². The van der Waals surface area contributed by atoms with Gasteiger partial charge in [-0.2, -0.15) is 0 Å². The molecule has 5 heteroatoms. The lowest BCUT2D eigenvalue weighted by Gasteiger charge is -2.33. The van der Waals surface area contributed by atoms with Gasteiger partial charge in [-0.1, -0.05) is 24.8 Å². The van der Waals surface area contributed by atoms with Crippen molar-refractivity contribution in [3.63, 3.8) is 0 Å². The summed E-state index contributed by atoms with van der Waals surface area (Å²) in [5, 5.41) is 4.77. The molecule has 1 heterocycles. The number of ether oxygens (including phenoxy) is 1. The molecule has 2 aromatic rings. The lowest BCUT2D eigenvalue weighted by Crippen LogP contribution is -2.34. The van der Waals surface area contributed by atoms with Gasteiger partial charge in [0.1, 0.15) is 12.0 Å². The monoisotopic (exact) mass is 304 g/mol. The Morgan fingerprint density at radius 2 is 2.38 bits per heavy atom. The number of nitrogens with one attached hydrogen (secondary N) is 1. The Kier molecular flexibility index (Phi) is 4.51. The lowest BCUT2D eigenvalue weighted by atomic mass is 9.87. The molecular weight excluding hydrogens is 284 g/mol. The van der Waals surface area contributed by atoms with Gasteiger partial charge in [-0.3, -0.25) is 0 Å². The number of methoxy groups -OCH3 is 1. The van der Waals surface area contributed by atoms with Crippen molar-refractivity contribution < 1.29 is 9.15 Å². The molecule has 0 radical (unpaired) electrons. The minimum atomic E-state index is 0.297. The minimum Gasteiger partial charge on any atom is -0.497 e. The van der Waals surface area contributed by atoms with Crippen molar-refractivity contribution in [1.82, 2.24) is 10.3 Å². The smallest absolute Gasteiger partial charge is 0.255 e. The fraction of sp³-hybridized carbons (Fsp3) is 0.438. The van der Waals surface area contributed by atoms with E-state index >= 15 is 0 Å². The van der Waals surface area contributed by atoms with Crippen LogP contribution in [0.2, 0.25) is 0 Å². The van der Waals surface area contributed by atoms with E-state index in [0.717, 1.165) is 30.4 Å². The van der Waals surface area contributed by atoms with Crippen molar-refractivity contribution in [3.05, 3.63) is 41.8 Å². The lowest BCUT2D eigenvalue weighted by molar-refractivity contribution is 0.409. The summed E-state index contributed by atoms with van der Waals surface area (Å²) >= 11 is 1.72. The first-order chi connectivity index (χ1) is 10.3. The number of rotatable bonds is 5. The van der Waals surface area contributed by atoms with E-state index in [1.807, 2.05) is 6.07 Å². The molecule has 1 aliphatic carbocycles. The van der Waals surface area contributed by atoms with Crippen LogP contribution in [0.15, 0.2) is 40.3 Å². The summed E-state index contributed by atoms with van der Waals surface area (Å²) in [6.45, 7) is 3.07. The van der Waals surface area contributed by atoms with E-state index in [2.05, 4.69) is 29.4 Å². The number of benzene rings is 1. The van der Waals surface area contributed by atoms with Gasteiger partial charge >= 0.3 is 0 Å². The van der Waals surface area contributed by atoms with Crippen molar-refractivity contribution in [3.8, 4) is 5.75 Å². The Hall–Kier alpha value is -1.46. The van der Waals surface area contributed by atoms with E-state index in [0.29, 0.717) is 11.3 Å². The van der Waals surface area contributed by atoms with Crippen LogP contribution in [-0.4, -0.2) is 23.9 Å². The summed E-state index contributed by atoms with van der Waals surface area (Å²) in [6.07, 6.45) is 5.53. The van der Waals surface area contributed by atoms with E-state index in [4.69, 9.17) is 9.15 Å². The molecule has 0 saturated carbocycles. The van der Waals surface area contributed by atoms with Gasteiger partial charge in [-0.25, -0.2) is 4.98 Å². The molecule has 1 aromatic carbocycles. The maximum absolute atomic E-state index is 5.39. The average molecular weight is 304 g/mol. The largest absolute Gasteiger partial charge is 0.497 e. The summed E-state index contributed by atoms with van der Waals surface area (Å²) in [7, 11) is 1.71. The van der Waals surface area contributed by atoms with E-state index in [1.165, 1.54) is 11.1 Å². The Morgan fingerprint density at radius 1 is 1.48 bits per heavy atom. The fourth-order valence-electron chi connectivity index (χ4n) is 2.87. The molecule has 0 saturated heterocycles. The van der Waals surface area contributed by atoms with Gasteiger partial charge in [0.2, 0.25) is 0 Å². The Labute approximate surface area is 129 Å². The standard InChI is InChI=1S/C16H20N2O2S/c1-3-17-15-13-10-12(19-2)6-4-11(13)5-7-14(15)21-16-18-8-9-20-16/h4,6,8-10,14-15,17H,3,5,7H2,1-2H3. The Bertz CT molecular complexity index is 586. The second-order valence-electron chi connectivity index (χ2n) is 5.09. The topological polar surface area (TPSA) is 47.3 Å². The minimum absolute atomic E-state index is 0.297. The molecule has 0 spiro atoms. The van der Waals surface area contributed by atoms with Crippen LogP contribution < -0.4 is 10.1 Å². The summed E-state index contributed by atoms with van der Waals surface area (Å²) in [5.74, 6) is 0.915. The van der Waals surface area contributed by atoms with Gasteiger partial charge in [0.15, 0.2) is 0 Å². The third kappa shape index (κ3) is 3.09. The highest BCUT2D eigenvalue weighted by atomic mass is 32.2. The van der Waals surface area contributed by atoms with E-state index in [1.54, 1.807) is 31.3 Å². The van der Waals surface area contributed by atoms with Crippen molar-refractivity contribution >= 4 is 11.8 Å². The van der Waals surface area contributed by atoms with Gasteiger partial charge in [0.25, 0.3) is 5.22 Å². The molecular formula is C16H20N2O2S. The summed E-state index contributed by atoms with van der Waals surface area (Å²) in [4.78, 5) is 4.24. The molecule has 2 atom stereocenters. The summed E-state index contributed by atoms with van der Waals surface area (Å²) < 4.78 is 10.8. The first kappa shape index (κ1) is 14.5. The Balaban J connectivity index is 1.89. The molecule has 1 aliphatic rings. The number of aromatic nitrogens is 1. The highest BCUT2D eigenvalue weighted by Crippen LogP contribution is 2.40. The predicted molar refractivity (Wildman–Crippen MR) is 83.9 cm³/mol. The molecule has 1 N–H and O–H groups in total. The van der Waals surface area contributed by atoms with Gasteiger partial charge < -0.3 is 14.5 Å². The molecule has 0 amide bonds. The van der Waals surface area contributed by atoms with Crippen molar-refractivity contribution in [1.29, 1.82) is 0 Å². The number of oxazole rings is 1. The number of hydrogen-bond acceptors (Lipinski definition) is 5. The zero-order valence-corrected chi connectivity index (χ0v) is 13.2. The first-order valence-corrected chi connectivity index (χ1v) is 8.16. The summed E-state index contributed by atoms with van der Waals surface area (Å²) in [5.41, 5.74) is 2.75. The number of thioether (sulfide) groups is 1. The molecule has 0 fully saturated rings. The normalized spacial score (nSPS) is 21.0. The van der Waals surface area contributed by atoms with E-state index < -0.39 is 0 Å². The molecule has 0 bridgehead atoms. The van der Waals surface area contributed by atoms with Crippen LogP contribution in [0.3, 0.4) is 0 Å². The van der Waals surface area contributed by atoms with Crippen LogP contribution in [0.25, 0.3) is 0 Å². The maximum atomic E-state index is 5.39. The summed E-state index contributed by atoms with van der Waals surface area (Å²) in [6, 6.07) is 6.68. The van der Waals surface area contributed by atoms with Gasteiger partial charge in [0.05, 0.1) is 13.3 Å². The van der Waals surface area contributed by atoms with Crippen molar-refractivity contribution in [2.24, 2.45) is 0 Å².